The summed E-state index contributed by atoms with van der Waals surface area (Å²) in [5, 5.41) is 6.97. The number of halogens is 2. The molecule has 0 aliphatic carbocycles. The third kappa shape index (κ3) is 3.84. The van der Waals surface area contributed by atoms with Crippen LogP contribution in [0.2, 0.25) is 5.02 Å². The summed E-state index contributed by atoms with van der Waals surface area (Å²) in [5.41, 5.74) is 1.46. The zero-order chi connectivity index (χ0) is 16.3. The van der Waals surface area contributed by atoms with Crippen molar-refractivity contribution in [2.45, 2.75) is 13.1 Å². The fourth-order valence-electron chi connectivity index (χ4n) is 2.00. The summed E-state index contributed by atoms with van der Waals surface area (Å²) < 4.78 is 15.1. The molecule has 0 saturated carbocycles. The van der Waals surface area contributed by atoms with Crippen LogP contribution in [0.4, 0.5) is 10.1 Å². The standard InChI is InChI=1S/C15H18ClFN4O/c1-20(2)9-11-5-4-10(6-12(11)17)7-18-13-8-19-21(3)15(22)14(13)16/h4-6,8,18H,7,9H2,1-3H3. The molecule has 1 aromatic carbocycles. The number of benzene rings is 1. The lowest BCUT2D eigenvalue weighted by Crippen LogP contribution is -2.21. The molecule has 0 fully saturated rings. The van der Waals surface area contributed by atoms with Gasteiger partial charge in [-0.3, -0.25) is 4.79 Å². The van der Waals surface area contributed by atoms with E-state index in [0.717, 1.165) is 10.2 Å². The van der Waals surface area contributed by atoms with E-state index in [4.69, 9.17) is 11.6 Å². The Balaban J connectivity index is 2.11. The number of aromatic nitrogens is 2. The second-order valence-corrected chi connectivity index (χ2v) is 5.70. The molecule has 2 aromatic rings. The number of nitrogens with one attached hydrogen (secondary N) is 1. The fraction of sp³-hybridized carbons (Fsp3) is 0.333. The van der Waals surface area contributed by atoms with Gasteiger partial charge in [-0.05, 0) is 25.7 Å². The topological polar surface area (TPSA) is 50.2 Å². The second-order valence-electron chi connectivity index (χ2n) is 5.32. The summed E-state index contributed by atoms with van der Waals surface area (Å²) in [7, 11) is 5.30. The van der Waals surface area contributed by atoms with Crippen molar-refractivity contribution in [1.29, 1.82) is 0 Å². The molecule has 0 aliphatic rings. The van der Waals surface area contributed by atoms with E-state index >= 15 is 0 Å². The number of hydrogen-bond acceptors (Lipinski definition) is 4. The summed E-state index contributed by atoms with van der Waals surface area (Å²) in [5.74, 6) is -0.249. The van der Waals surface area contributed by atoms with Crippen LogP contribution in [0, 0.1) is 5.82 Å². The molecule has 7 heteroatoms. The Labute approximate surface area is 133 Å². The van der Waals surface area contributed by atoms with Crippen molar-refractivity contribution >= 4 is 17.3 Å². The van der Waals surface area contributed by atoms with Gasteiger partial charge in [0.2, 0.25) is 0 Å². The highest BCUT2D eigenvalue weighted by molar-refractivity contribution is 6.32. The van der Waals surface area contributed by atoms with Crippen LogP contribution in [0.3, 0.4) is 0 Å². The van der Waals surface area contributed by atoms with Crippen LogP contribution in [0.25, 0.3) is 0 Å². The summed E-state index contributed by atoms with van der Waals surface area (Å²) >= 11 is 5.96. The normalized spacial score (nSPS) is 11.0. The zero-order valence-corrected chi connectivity index (χ0v) is 13.5. The third-order valence-electron chi connectivity index (χ3n) is 3.17. The van der Waals surface area contributed by atoms with Gasteiger partial charge in [0.15, 0.2) is 0 Å². The lowest BCUT2D eigenvalue weighted by atomic mass is 10.1. The van der Waals surface area contributed by atoms with Crippen LogP contribution < -0.4 is 10.9 Å². The maximum Gasteiger partial charge on any atom is 0.287 e. The van der Waals surface area contributed by atoms with E-state index in [1.165, 1.54) is 19.3 Å². The molecule has 2 rings (SSSR count). The van der Waals surface area contributed by atoms with Gasteiger partial charge in [0.25, 0.3) is 5.56 Å². The highest BCUT2D eigenvalue weighted by Crippen LogP contribution is 2.17. The van der Waals surface area contributed by atoms with Crippen LogP contribution in [0.15, 0.2) is 29.2 Å². The molecule has 1 heterocycles. The summed E-state index contributed by atoms with van der Waals surface area (Å²) in [6.45, 7) is 0.901. The van der Waals surface area contributed by atoms with E-state index in [0.29, 0.717) is 24.3 Å². The molecule has 0 unspecified atom stereocenters. The molecule has 1 aromatic heterocycles. The van der Waals surface area contributed by atoms with E-state index in [-0.39, 0.29) is 16.4 Å². The maximum absolute atomic E-state index is 14.0. The van der Waals surface area contributed by atoms with Gasteiger partial charge >= 0.3 is 0 Å². The van der Waals surface area contributed by atoms with E-state index in [1.54, 1.807) is 6.07 Å². The Morgan fingerprint density at radius 1 is 1.41 bits per heavy atom. The van der Waals surface area contributed by atoms with Crippen LogP contribution in [0.1, 0.15) is 11.1 Å². The van der Waals surface area contributed by atoms with Crippen molar-refractivity contribution in [2.75, 3.05) is 19.4 Å². The highest BCUT2D eigenvalue weighted by atomic mass is 35.5. The van der Waals surface area contributed by atoms with Crippen molar-refractivity contribution in [3.8, 4) is 0 Å². The van der Waals surface area contributed by atoms with Gasteiger partial charge < -0.3 is 10.2 Å². The Hall–Kier alpha value is -1.92. The van der Waals surface area contributed by atoms with Gasteiger partial charge in [0, 0.05) is 25.7 Å². The molecule has 22 heavy (non-hydrogen) atoms. The molecule has 0 aliphatic heterocycles. The van der Waals surface area contributed by atoms with Gasteiger partial charge in [-0.1, -0.05) is 23.7 Å². The summed E-state index contributed by atoms with van der Waals surface area (Å²) in [4.78, 5) is 13.6. The average Bonchev–Trinajstić information content (AvgIpc) is 2.46. The first-order chi connectivity index (χ1) is 10.4. The number of nitrogens with zero attached hydrogens (tertiary/aromatic N) is 3. The molecule has 0 atom stereocenters. The molecule has 1 N–H and O–H groups in total. The first-order valence-corrected chi connectivity index (χ1v) is 7.14. The van der Waals surface area contributed by atoms with Gasteiger partial charge in [-0.2, -0.15) is 5.10 Å². The van der Waals surface area contributed by atoms with Crippen molar-refractivity contribution in [1.82, 2.24) is 14.7 Å². The first-order valence-electron chi connectivity index (χ1n) is 6.76. The minimum atomic E-state index is -0.376. The van der Waals surface area contributed by atoms with Crippen LogP contribution in [0.5, 0.6) is 0 Å². The predicted molar refractivity (Wildman–Crippen MR) is 85.6 cm³/mol. The molecular formula is C15H18ClFN4O. The molecular weight excluding hydrogens is 307 g/mol. The van der Waals surface area contributed by atoms with Gasteiger partial charge in [-0.25, -0.2) is 9.07 Å². The second kappa shape index (κ2) is 6.89. The SMILES string of the molecule is CN(C)Cc1ccc(CNc2cnn(C)c(=O)c2Cl)cc1F. The van der Waals surface area contributed by atoms with Gasteiger partial charge in [-0.15, -0.1) is 0 Å². The first kappa shape index (κ1) is 16.5. The quantitative estimate of drug-likeness (QED) is 0.916. The van der Waals surface area contributed by atoms with Crippen LogP contribution >= 0.6 is 11.6 Å². The predicted octanol–water partition coefficient (Wildman–Crippen LogP) is 2.25. The molecule has 5 nitrogen and oxygen atoms in total. The van der Waals surface area contributed by atoms with Crippen LogP contribution in [-0.4, -0.2) is 28.8 Å². The van der Waals surface area contributed by atoms with Crippen LogP contribution in [-0.2, 0) is 20.1 Å². The molecule has 0 amide bonds. The lowest BCUT2D eigenvalue weighted by Gasteiger charge is -2.12. The minimum absolute atomic E-state index is 0.0715. The third-order valence-corrected chi connectivity index (χ3v) is 3.53. The lowest BCUT2D eigenvalue weighted by molar-refractivity contribution is 0.392. The Morgan fingerprint density at radius 2 is 2.14 bits per heavy atom. The van der Waals surface area contributed by atoms with E-state index in [2.05, 4.69) is 10.4 Å². The monoisotopic (exact) mass is 324 g/mol. The summed E-state index contributed by atoms with van der Waals surface area (Å²) in [6, 6.07) is 5.09. The van der Waals surface area contributed by atoms with Crippen molar-refractivity contribution in [2.24, 2.45) is 7.05 Å². The number of hydrogen-bond donors (Lipinski definition) is 1. The largest absolute Gasteiger partial charge is 0.378 e. The molecule has 0 bridgehead atoms. The smallest absolute Gasteiger partial charge is 0.287 e. The van der Waals surface area contributed by atoms with Gasteiger partial charge in [0.1, 0.15) is 10.8 Å². The Kier molecular flexibility index (Phi) is 5.15. The van der Waals surface area contributed by atoms with E-state index in [1.807, 2.05) is 25.1 Å². The van der Waals surface area contributed by atoms with E-state index in [9.17, 15) is 9.18 Å². The molecule has 0 radical (unpaired) electrons. The minimum Gasteiger partial charge on any atom is -0.378 e. The molecule has 0 spiro atoms. The number of anilines is 1. The van der Waals surface area contributed by atoms with Crippen molar-refractivity contribution in [3.63, 3.8) is 0 Å². The number of aryl methyl sites for hydroxylation is 1. The Morgan fingerprint density at radius 3 is 2.77 bits per heavy atom. The Bertz CT molecular complexity index is 730. The maximum atomic E-state index is 14.0. The fourth-order valence-corrected chi connectivity index (χ4v) is 2.24. The van der Waals surface area contributed by atoms with Gasteiger partial charge in [0.05, 0.1) is 11.9 Å². The highest BCUT2D eigenvalue weighted by Gasteiger charge is 2.08. The average molecular weight is 325 g/mol. The zero-order valence-electron chi connectivity index (χ0n) is 12.7. The molecule has 118 valence electrons. The van der Waals surface area contributed by atoms with Crippen molar-refractivity contribution in [3.05, 3.63) is 56.7 Å². The van der Waals surface area contributed by atoms with Crippen molar-refractivity contribution < 1.29 is 4.39 Å². The number of rotatable bonds is 5. The molecule has 0 saturated heterocycles. The van der Waals surface area contributed by atoms with E-state index < -0.39 is 0 Å². The summed E-state index contributed by atoms with van der Waals surface area (Å²) in [6.07, 6.45) is 1.47.